The van der Waals surface area contributed by atoms with Crippen LogP contribution in [0.5, 0.6) is 0 Å². The van der Waals surface area contributed by atoms with Crippen molar-refractivity contribution in [2.24, 2.45) is 4.99 Å². The minimum absolute atomic E-state index is 0.0611. The summed E-state index contributed by atoms with van der Waals surface area (Å²) in [6.07, 6.45) is 6.52. The van der Waals surface area contributed by atoms with Crippen LogP contribution in [0.1, 0.15) is 68.7 Å². The van der Waals surface area contributed by atoms with E-state index in [1.807, 2.05) is 32.0 Å². The Morgan fingerprint density at radius 2 is 2.03 bits per heavy atom. The van der Waals surface area contributed by atoms with Gasteiger partial charge in [0.2, 0.25) is 0 Å². The first-order valence-electron chi connectivity index (χ1n) is 11.7. The number of halogens is 1. The van der Waals surface area contributed by atoms with Crippen LogP contribution in [0, 0.1) is 13.8 Å². The fourth-order valence-corrected chi connectivity index (χ4v) is 4.19. The Bertz CT molecular complexity index is 1160. The summed E-state index contributed by atoms with van der Waals surface area (Å²) < 4.78 is 18.9. The zero-order chi connectivity index (χ0) is 25.5. The van der Waals surface area contributed by atoms with Gasteiger partial charge in [-0.15, -0.1) is 6.58 Å². The zero-order valence-electron chi connectivity index (χ0n) is 20.4. The number of aliphatic imine (C=N–C) groups is 1. The largest absolute Gasteiger partial charge is 0.481 e. The lowest BCUT2D eigenvalue weighted by Gasteiger charge is -2.37. The molecule has 8 heteroatoms. The SMILES string of the molecule is C=CCC/C(=C\C=C(/C)F)N1C(CCCCC(=O)O)=Nc2cc(-c3c(C)noc3C)ccc2C1O. The van der Waals surface area contributed by atoms with Crippen molar-refractivity contribution >= 4 is 17.5 Å². The monoisotopic (exact) mass is 481 g/mol. The normalized spacial score (nSPS) is 16.2. The van der Waals surface area contributed by atoms with Crippen molar-refractivity contribution in [2.45, 2.75) is 65.5 Å². The standard InChI is InChI=1S/C27H32FN3O4/c1-5-6-9-21(14-12-17(2)28)31-24(10-7-8-11-25(32)33)29-23-16-20(13-15-22(23)27(31)34)26-18(3)30-35-19(26)4/h5,12-16,27,34H,1,6-11H2,2-4H3,(H,32,33)/b17-12+,21-14+. The summed E-state index contributed by atoms with van der Waals surface area (Å²) in [6, 6.07) is 5.64. The maximum Gasteiger partial charge on any atom is 0.303 e. The molecular weight excluding hydrogens is 449 g/mol. The van der Waals surface area contributed by atoms with E-state index in [1.54, 1.807) is 17.1 Å². The molecule has 0 saturated heterocycles. The number of hydrogen-bond acceptors (Lipinski definition) is 6. The van der Waals surface area contributed by atoms with Gasteiger partial charge in [-0.3, -0.25) is 4.79 Å². The van der Waals surface area contributed by atoms with Gasteiger partial charge in [0.1, 0.15) is 11.6 Å². The van der Waals surface area contributed by atoms with Crippen molar-refractivity contribution < 1.29 is 23.9 Å². The molecule has 0 spiro atoms. The summed E-state index contributed by atoms with van der Waals surface area (Å²) in [6.45, 7) is 8.86. The van der Waals surface area contributed by atoms with E-state index in [4.69, 9.17) is 14.6 Å². The van der Waals surface area contributed by atoms with Crippen LogP contribution in [0.15, 0.2) is 64.0 Å². The van der Waals surface area contributed by atoms with Crippen molar-refractivity contribution in [1.82, 2.24) is 10.1 Å². The number of aryl methyl sites for hydroxylation is 2. The molecular formula is C27H32FN3O4. The lowest BCUT2D eigenvalue weighted by atomic mass is 9.98. The number of carbonyl (C=O) groups is 1. The summed E-state index contributed by atoms with van der Waals surface area (Å²) >= 11 is 0. The number of carboxylic acids is 1. The minimum Gasteiger partial charge on any atom is -0.481 e. The topological polar surface area (TPSA) is 99.2 Å². The van der Waals surface area contributed by atoms with Crippen LogP contribution in [0.3, 0.4) is 0 Å². The Hall–Kier alpha value is -3.52. The number of amidine groups is 1. The van der Waals surface area contributed by atoms with Gasteiger partial charge < -0.3 is 19.6 Å². The molecule has 7 nitrogen and oxygen atoms in total. The van der Waals surface area contributed by atoms with Crippen LogP contribution < -0.4 is 0 Å². The van der Waals surface area contributed by atoms with Crippen molar-refractivity contribution in [3.05, 3.63) is 71.5 Å². The fourth-order valence-electron chi connectivity index (χ4n) is 4.19. The Morgan fingerprint density at radius 3 is 2.66 bits per heavy atom. The lowest BCUT2D eigenvalue weighted by Crippen LogP contribution is -2.36. The molecule has 0 radical (unpaired) electrons. The van der Waals surface area contributed by atoms with E-state index in [0.29, 0.717) is 60.6 Å². The summed E-state index contributed by atoms with van der Waals surface area (Å²) in [5, 5.41) is 24.5. The third-order valence-corrected chi connectivity index (χ3v) is 5.86. The molecule has 0 amide bonds. The van der Waals surface area contributed by atoms with E-state index in [2.05, 4.69) is 11.7 Å². The number of aliphatic carboxylic acids is 1. The van der Waals surface area contributed by atoms with E-state index in [-0.39, 0.29) is 12.2 Å². The zero-order valence-corrected chi connectivity index (χ0v) is 20.4. The number of allylic oxidation sites excluding steroid dienone is 5. The highest BCUT2D eigenvalue weighted by Crippen LogP contribution is 2.40. The maximum absolute atomic E-state index is 13.6. The number of hydrogen-bond donors (Lipinski definition) is 2. The second kappa shape index (κ2) is 11.8. The predicted octanol–water partition coefficient (Wildman–Crippen LogP) is 6.66. The van der Waals surface area contributed by atoms with Crippen LogP contribution in [0.2, 0.25) is 0 Å². The number of aliphatic hydroxyl groups excluding tert-OH is 1. The van der Waals surface area contributed by atoms with Crippen LogP contribution >= 0.6 is 0 Å². The first-order chi connectivity index (χ1) is 16.7. The third-order valence-electron chi connectivity index (χ3n) is 5.86. The van der Waals surface area contributed by atoms with Gasteiger partial charge in [-0.25, -0.2) is 9.38 Å². The first kappa shape index (κ1) is 26.1. The molecule has 0 aliphatic carbocycles. The van der Waals surface area contributed by atoms with Gasteiger partial charge in [0, 0.05) is 29.7 Å². The van der Waals surface area contributed by atoms with Crippen LogP contribution in [-0.4, -0.2) is 32.1 Å². The van der Waals surface area contributed by atoms with Gasteiger partial charge in [0.15, 0.2) is 6.23 Å². The lowest BCUT2D eigenvalue weighted by molar-refractivity contribution is -0.137. The van der Waals surface area contributed by atoms with Gasteiger partial charge in [0.05, 0.1) is 17.2 Å². The molecule has 1 aliphatic rings. The number of benzene rings is 1. The number of nitrogens with zero attached hydrogens (tertiary/aromatic N) is 3. The molecule has 2 aromatic rings. The van der Waals surface area contributed by atoms with Crippen molar-refractivity contribution in [2.75, 3.05) is 0 Å². The van der Waals surface area contributed by atoms with Gasteiger partial charge in [-0.1, -0.05) is 23.4 Å². The Balaban J connectivity index is 2.06. The van der Waals surface area contributed by atoms with E-state index >= 15 is 0 Å². The Labute approximate surface area is 205 Å². The molecule has 2 heterocycles. The average Bonchev–Trinajstić information content (AvgIpc) is 3.15. The molecule has 35 heavy (non-hydrogen) atoms. The van der Waals surface area contributed by atoms with Gasteiger partial charge in [-0.2, -0.15) is 0 Å². The number of unbranched alkanes of at least 4 members (excludes halogenated alkanes) is 1. The molecule has 0 bridgehead atoms. The van der Waals surface area contributed by atoms with Crippen LogP contribution in [-0.2, 0) is 4.79 Å². The van der Waals surface area contributed by atoms with Gasteiger partial charge in [-0.05, 0) is 70.2 Å². The average molecular weight is 482 g/mol. The quantitative estimate of drug-likeness (QED) is 0.211. The van der Waals surface area contributed by atoms with E-state index in [0.717, 1.165) is 16.8 Å². The van der Waals surface area contributed by atoms with E-state index in [9.17, 15) is 14.3 Å². The minimum atomic E-state index is -1.03. The van der Waals surface area contributed by atoms with Crippen molar-refractivity contribution in [3.8, 4) is 11.1 Å². The number of carboxylic acid groups (broad SMARTS) is 1. The maximum atomic E-state index is 13.6. The smallest absolute Gasteiger partial charge is 0.303 e. The van der Waals surface area contributed by atoms with Crippen molar-refractivity contribution in [3.63, 3.8) is 0 Å². The molecule has 1 unspecified atom stereocenters. The second-order valence-corrected chi connectivity index (χ2v) is 8.58. The number of rotatable bonds is 11. The summed E-state index contributed by atoms with van der Waals surface area (Å²) in [7, 11) is 0. The predicted molar refractivity (Wildman–Crippen MR) is 134 cm³/mol. The number of aromatic nitrogens is 1. The van der Waals surface area contributed by atoms with E-state index < -0.39 is 12.2 Å². The second-order valence-electron chi connectivity index (χ2n) is 8.58. The summed E-state index contributed by atoms with van der Waals surface area (Å²) in [4.78, 5) is 17.6. The summed E-state index contributed by atoms with van der Waals surface area (Å²) in [5.41, 5.74) is 4.49. The molecule has 2 N–H and O–H groups in total. The molecule has 1 aromatic carbocycles. The molecule has 1 aromatic heterocycles. The third kappa shape index (κ3) is 6.33. The highest BCUT2D eigenvalue weighted by atomic mass is 19.1. The van der Waals surface area contributed by atoms with Crippen LogP contribution in [0.25, 0.3) is 11.1 Å². The van der Waals surface area contributed by atoms with Gasteiger partial charge >= 0.3 is 5.97 Å². The molecule has 0 fully saturated rings. The number of aliphatic hydroxyl groups is 1. The Kier molecular flexibility index (Phi) is 8.76. The molecule has 1 atom stereocenters. The molecule has 1 aliphatic heterocycles. The van der Waals surface area contributed by atoms with Crippen LogP contribution in [0.4, 0.5) is 10.1 Å². The molecule has 3 rings (SSSR count). The Morgan fingerprint density at radius 1 is 1.26 bits per heavy atom. The van der Waals surface area contributed by atoms with Crippen molar-refractivity contribution in [1.29, 1.82) is 0 Å². The molecule has 0 saturated carbocycles. The fraction of sp³-hybridized carbons (Fsp3) is 0.370. The highest BCUT2D eigenvalue weighted by molar-refractivity contribution is 5.90. The summed E-state index contributed by atoms with van der Waals surface area (Å²) in [5.74, 6) is 0.0990. The highest BCUT2D eigenvalue weighted by Gasteiger charge is 2.31. The number of fused-ring (bicyclic) bond motifs is 1. The molecule has 186 valence electrons. The van der Waals surface area contributed by atoms with Gasteiger partial charge in [0.25, 0.3) is 0 Å². The van der Waals surface area contributed by atoms with E-state index in [1.165, 1.54) is 13.0 Å². The first-order valence-corrected chi connectivity index (χ1v) is 11.7.